The largest absolute Gasteiger partial charge is 0.547 e. The summed E-state index contributed by atoms with van der Waals surface area (Å²) in [6.07, 6.45) is 4.68. The van der Waals surface area contributed by atoms with Crippen LogP contribution in [0, 0.1) is 17.8 Å². The van der Waals surface area contributed by atoms with Gasteiger partial charge in [-0.1, -0.05) is 47.1 Å². The summed E-state index contributed by atoms with van der Waals surface area (Å²) in [5.74, 6) is 3.45. The molecule has 0 amide bonds. The van der Waals surface area contributed by atoms with Crippen molar-refractivity contribution >= 4 is 8.32 Å². The van der Waals surface area contributed by atoms with Gasteiger partial charge in [0.15, 0.2) is 0 Å². The van der Waals surface area contributed by atoms with Gasteiger partial charge in [-0.05, 0) is 67.8 Å². The van der Waals surface area contributed by atoms with Gasteiger partial charge in [0.2, 0.25) is 8.32 Å². The molecule has 0 saturated heterocycles. The van der Waals surface area contributed by atoms with Gasteiger partial charge in [-0.25, -0.2) is 0 Å². The molecule has 0 atom stereocenters. The van der Waals surface area contributed by atoms with Crippen molar-refractivity contribution in [3.8, 4) is 0 Å². The van der Waals surface area contributed by atoms with Crippen LogP contribution in [0.3, 0.4) is 0 Å². The molecule has 0 aromatic carbocycles. The minimum Gasteiger partial charge on any atom is -0.547 e. The van der Waals surface area contributed by atoms with Crippen molar-refractivity contribution in [1.29, 1.82) is 0 Å². The summed E-state index contributed by atoms with van der Waals surface area (Å²) in [4.78, 5) is 0. The highest BCUT2D eigenvalue weighted by Gasteiger charge is 2.29. The number of hydrogen-bond donors (Lipinski definition) is 0. The van der Waals surface area contributed by atoms with Crippen molar-refractivity contribution in [2.75, 3.05) is 0 Å². The average Bonchev–Trinajstić information content (AvgIpc) is 2.53. The van der Waals surface area contributed by atoms with Gasteiger partial charge < -0.3 is 4.43 Å². The Morgan fingerprint density at radius 1 is 0.773 bits per heavy atom. The molecule has 2 heteroatoms. The van der Waals surface area contributed by atoms with E-state index < -0.39 is 8.32 Å². The van der Waals surface area contributed by atoms with E-state index in [2.05, 4.69) is 61.2 Å². The molecule has 0 aromatic heterocycles. The smallest absolute Gasteiger partial charge is 0.241 e. The van der Waals surface area contributed by atoms with Crippen LogP contribution in [0.1, 0.15) is 67.2 Å². The van der Waals surface area contributed by atoms with E-state index in [-0.39, 0.29) is 0 Å². The van der Waals surface area contributed by atoms with E-state index in [0.29, 0.717) is 11.8 Å². The average molecular weight is 323 g/mol. The second-order valence-electron chi connectivity index (χ2n) is 9.17. The van der Waals surface area contributed by atoms with Crippen LogP contribution in [0.2, 0.25) is 19.6 Å². The first-order valence-corrected chi connectivity index (χ1v) is 12.5. The van der Waals surface area contributed by atoms with Crippen LogP contribution < -0.4 is 0 Å². The maximum atomic E-state index is 6.51. The Kier molecular flexibility index (Phi) is 6.98. The van der Waals surface area contributed by atoms with Crippen LogP contribution in [0.4, 0.5) is 0 Å². The van der Waals surface area contributed by atoms with Gasteiger partial charge in [-0.15, -0.1) is 0 Å². The molecule has 0 spiro atoms. The van der Waals surface area contributed by atoms with Crippen molar-refractivity contribution in [2.24, 2.45) is 17.8 Å². The molecule has 1 rings (SSSR count). The molecule has 0 aliphatic heterocycles. The fraction of sp³-hybridized carbons (Fsp3) is 0.800. The molecule has 1 nitrogen and oxygen atoms in total. The van der Waals surface area contributed by atoms with Crippen LogP contribution in [0.25, 0.3) is 0 Å². The zero-order chi connectivity index (χ0) is 17.1. The van der Waals surface area contributed by atoms with Crippen LogP contribution in [0.15, 0.2) is 22.5 Å². The van der Waals surface area contributed by atoms with Crippen molar-refractivity contribution in [2.45, 2.75) is 86.9 Å². The van der Waals surface area contributed by atoms with Crippen LogP contribution in [0.5, 0.6) is 0 Å². The monoisotopic (exact) mass is 322 g/mol. The molecule has 0 radical (unpaired) electrons. The fourth-order valence-electron chi connectivity index (χ4n) is 3.27. The van der Waals surface area contributed by atoms with E-state index in [0.717, 1.165) is 12.3 Å². The summed E-state index contributed by atoms with van der Waals surface area (Å²) in [6.45, 7) is 20.9. The van der Waals surface area contributed by atoms with E-state index in [1.807, 2.05) is 0 Å². The van der Waals surface area contributed by atoms with Crippen molar-refractivity contribution in [3.05, 3.63) is 22.5 Å². The zero-order valence-electron chi connectivity index (χ0n) is 16.5. The molecular weight excluding hydrogens is 284 g/mol. The summed E-state index contributed by atoms with van der Waals surface area (Å²) in [5, 5.41) is 0. The van der Waals surface area contributed by atoms with Crippen LogP contribution >= 0.6 is 0 Å². The standard InChI is InChI=1S/C20H38OSi/c1-14(2)10-17-13-20(21-22(7,8)9)19(12-16(5)6)18(17)11-15(3)4/h14-16H,10-13H2,1-9H3. The second-order valence-corrected chi connectivity index (χ2v) is 13.6. The topological polar surface area (TPSA) is 9.23 Å². The van der Waals surface area contributed by atoms with Gasteiger partial charge in [0.1, 0.15) is 0 Å². The molecule has 0 aromatic rings. The molecule has 22 heavy (non-hydrogen) atoms. The van der Waals surface area contributed by atoms with Gasteiger partial charge >= 0.3 is 0 Å². The Morgan fingerprint density at radius 3 is 1.64 bits per heavy atom. The van der Waals surface area contributed by atoms with Crippen LogP contribution in [-0.2, 0) is 4.43 Å². The molecule has 0 heterocycles. The van der Waals surface area contributed by atoms with Crippen molar-refractivity contribution in [3.63, 3.8) is 0 Å². The molecule has 1 aliphatic rings. The van der Waals surface area contributed by atoms with Crippen molar-refractivity contribution < 1.29 is 4.43 Å². The first-order chi connectivity index (χ1) is 9.99. The maximum absolute atomic E-state index is 6.51. The Bertz CT molecular complexity index is 433. The summed E-state index contributed by atoms with van der Waals surface area (Å²) < 4.78 is 6.51. The molecule has 128 valence electrons. The van der Waals surface area contributed by atoms with Gasteiger partial charge in [0.05, 0.1) is 5.76 Å². The van der Waals surface area contributed by atoms with E-state index in [1.54, 1.807) is 16.7 Å². The highest BCUT2D eigenvalue weighted by atomic mass is 28.4. The lowest BCUT2D eigenvalue weighted by molar-refractivity contribution is 0.401. The predicted molar refractivity (Wildman–Crippen MR) is 101 cm³/mol. The SMILES string of the molecule is CC(C)CC1=C(CC(C)C)C(CC(C)C)=C(O[Si](C)(C)C)C1. The zero-order valence-corrected chi connectivity index (χ0v) is 17.5. The minimum absolute atomic E-state index is 0.691. The molecule has 0 unspecified atom stereocenters. The third-order valence-corrected chi connectivity index (χ3v) is 4.67. The van der Waals surface area contributed by atoms with Gasteiger partial charge in [-0.2, -0.15) is 0 Å². The number of rotatable bonds is 8. The number of allylic oxidation sites excluding steroid dienone is 3. The fourth-order valence-corrected chi connectivity index (χ4v) is 4.20. The first kappa shape index (κ1) is 19.5. The first-order valence-electron chi connectivity index (χ1n) is 9.11. The summed E-state index contributed by atoms with van der Waals surface area (Å²) in [7, 11) is -1.54. The number of hydrogen-bond acceptors (Lipinski definition) is 1. The highest BCUT2D eigenvalue weighted by Crippen LogP contribution is 2.42. The molecule has 0 saturated carbocycles. The van der Waals surface area contributed by atoms with Gasteiger partial charge in [0.25, 0.3) is 0 Å². The lowest BCUT2D eigenvalue weighted by atomic mass is 9.89. The second kappa shape index (κ2) is 7.85. The molecule has 0 fully saturated rings. The minimum atomic E-state index is -1.54. The summed E-state index contributed by atoms with van der Waals surface area (Å²) in [6, 6.07) is 0. The van der Waals surface area contributed by atoms with E-state index in [4.69, 9.17) is 4.43 Å². The Hall–Kier alpha value is -0.503. The lowest BCUT2D eigenvalue weighted by Crippen LogP contribution is -2.25. The van der Waals surface area contributed by atoms with Crippen LogP contribution in [-0.4, -0.2) is 8.32 Å². The molecule has 0 bridgehead atoms. The molecule has 0 N–H and O–H groups in total. The predicted octanol–water partition coefficient (Wildman–Crippen LogP) is 6.93. The van der Waals surface area contributed by atoms with E-state index in [9.17, 15) is 0 Å². The summed E-state index contributed by atoms with van der Waals surface area (Å²) in [5.41, 5.74) is 4.86. The van der Waals surface area contributed by atoms with E-state index in [1.165, 1.54) is 25.0 Å². The maximum Gasteiger partial charge on any atom is 0.241 e. The van der Waals surface area contributed by atoms with Crippen molar-refractivity contribution in [1.82, 2.24) is 0 Å². The third kappa shape index (κ3) is 6.32. The quantitative estimate of drug-likeness (QED) is 0.440. The molecular formula is C20H38OSi. The van der Waals surface area contributed by atoms with E-state index >= 15 is 0 Å². The Morgan fingerprint density at radius 2 is 1.23 bits per heavy atom. The highest BCUT2D eigenvalue weighted by molar-refractivity contribution is 6.70. The normalized spacial score (nSPS) is 16.7. The van der Waals surface area contributed by atoms with Gasteiger partial charge in [-0.3, -0.25) is 0 Å². The Labute approximate surface area is 140 Å². The third-order valence-electron chi connectivity index (χ3n) is 3.81. The molecule has 1 aliphatic carbocycles. The summed E-state index contributed by atoms with van der Waals surface area (Å²) >= 11 is 0. The van der Waals surface area contributed by atoms with Gasteiger partial charge in [0, 0.05) is 6.42 Å². The Balaban J connectivity index is 3.17. The lowest BCUT2D eigenvalue weighted by Gasteiger charge is -2.23.